The molecule has 1 fully saturated rings. The first kappa shape index (κ1) is 40.9. The van der Waals surface area contributed by atoms with E-state index in [0.29, 0.717) is 0 Å². The second-order valence-corrected chi connectivity index (χ2v) is 18.1. The molecule has 1 aliphatic heterocycles. The second kappa shape index (κ2) is 17.1. The van der Waals surface area contributed by atoms with E-state index in [1.54, 1.807) is 0 Å². The molecule has 2 heterocycles. The zero-order valence-electron chi connectivity index (χ0n) is 38.0. The number of aromatic nitrogens is 1. The van der Waals surface area contributed by atoms with E-state index in [2.05, 4.69) is 286 Å². The van der Waals surface area contributed by atoms with Gasteiger partial charge < -0.3 is 9.47 Å². The Morgan fingerprint density at radius 2 is 0.870 bits per heavy atom. The maximum absolute atomic E-state index is 4.15. The number of hydrogen-bond donors (Lipinski definition) is 3. The van der Waals surface area contributed by atoms with Crippen molar-refractivity contribution in [2.45, 2.75) is 24.0 Å². The van der Waals surface area contributed by atoms with Gasteiger partial charge in [0.2, 0.25) is 0 Å². The van der Waals surface area contributed by atoms with Crippen LogP contribution in [0.15, 0.2) is 261 Å². The van der Waals surface area contributed by atoms with Crippen molar-refractivity contribution in [1.82, 2.24) is 20.5 Å². The number of benzene rings is 10. The van der Waals surface area contributed by atoms with Crippen LogP contribution in [-0.2, 0) is 5.41 Å². The number of hydrogen-bond acceptors (Lipinski definition) is 4. The van der Waals surface area contributed by atoms with Gasteiger partial charge in [0.25, 0.3) is 0 Å². The molecule has 1 aliphatic carbocycles. The molecule has 3 N–H and O–H groups in total. The molecule has 1 saturated heterocycles. The number of fused-ring (bicyclic) bond motifs is 6. The van der Waals surface area contributed by atoms with Crippen molar-refractivity contribution in [3.05, 3.63) is 294 Å². The van der Waals surface area contributed by atoms with E-state index in [4.69, 9.17) is 0 Å². The third-order valence-electron chi connectivity index (χ3n) is 14.4. The molecule has 330 valence electrons. The lowest BCUT2D eigenvalue weighted by molar-refractivity contribution is 0.161. The second-order valence-electron chi connectivity index (χ2n) is 18.1. The zero-order valence-corrected chi connectivity index (χ0v) is 38.0. The monoisotopic (exact) mass is 887 g/mol. The SMILES string of the molecule is c1ccc(N(c2ccccc2)c2ccccc2-c2ccc(C3NC(c4cccc5c4-c4ccccc4C5(c4ccccc4)c4ccccc4)NC(n4c5ccccc5c5ccccc54)N3)cc2)cc1. The first-order valence-corrected chi connectivity index (χ1v) is 24.0. The Balaban J connectivity index is 0.956. The van der Waals surface area contributed by atoms with Gasteiger partial charge in [-0.15, -0.1) is 0 Å². The Bertz CT molecular complexity index is 3470. The summed E-state index contributed by atoms with van der Waals surface area (Å²) >= 11 is 0. The van der Waals surface area contributed by atoms with Crippen LogP contribution in [0, 0.1) is 0 Å². The van der Waals surface area contributed by atoms with Crippen molar-refractivity contribution in [3.63, 3.8) is 0 Å². The molecular weight excluding hydrogens is 839 g/mol. The molecular formula is C64H49N5. The highest BCUT2D eigenvalue weighted by Gasteiger charge is 2.47. The lowest BCUT2D eigenvalue weighted by Gasteiger charge is -2.41. The molecule has 13 rings (SSSR count). The van der Waals surface area contributed by atoms with Crippen molar-refractivity contribution in [1.29, 1.82) is 0 Å². The average molecular weight is 888 g/mol. The van der Waals surface area contributed by atoms with Gasteiger partial charge in [0, 0.05) is 27.7 Å². The predicted molar refractivity (Wildman–Crippen MR) is 284 cm³/mol. The summed E-state index contributed by atoms with van der Waals surface area (Å²) in [5.74, 6) is 0. The van der Waals surface area contributed by atoms with E-state index >= 15 is 0 Å². The van der Waals surface area contributed by atoms with Gasteiger partial charge in [0.1, 0.15) is 6.29 Å². The molecule has 2 aliphatic rings. The van der Waals surface area contributed by atoms with Crippen molar-refractivity contribution < 1.29 is 0 Å². The molecule has 0 amide bonds. The molecule has 3 atom stereocenters. The quantitative estimate of drug-likeness (QED) is 0.135. The van der Waals surface area contributed by atoms with Crippen molar-refractivity contribution in [2.75, 3.05) is 4.90 Å². The smallest absolute Gasteiger partial charge is 0.142 e. The molecule has 10 aromatic carbocycles. The first-order chi connectivity index (χ1) is 34.3. The molecule has 69 heavy (non-hydrogen) atoms. The first-order valence-electron chi connectivity index (χ1n) is 24.0. The predicted octanol–water partition coefficient (Wildman–Crippen LogP) is 14.9. The van der Waals surface area contributed by atoms with Crippen molar-refractivity contribution >= 4 is 38.9 Å². The highest BCUT2D eigenvalue weighted by molar-refractivity contribution is 6.08. The van der Waals surface area contributed by atoms with Gasteiger partial charge in [0.15, 0.2) is 0 Å². The Morgan fingerprint density at radius 3 is 1.49 bits per heavy atom. The van der Waals surface area contributed by atoms with Crippen LogP contribution in [-0.4, -0.2) is 4.57 Å². The van der Waals surface area contributed by atoms with Gasteiger partial charge in [-0.3, -0.25) is 16.0 Å². The van der Waals surface area contributed by atoms with Crippen LogP contribution < -0.4 is 20.9 Å². The summed E-state index contributed by atoms with van der Waals surface area (Å²) in [4.78, 5) is 2.35. The Morgan fingerprint density at radius 1 is 0.377 bits per heavy atom. The lowest BCUT2D eigenvalue weighted by Crippen LogP contribution is -2.56. The molecule has 0 saturated carbocycles. The van der Waals surface area contributed by atoms with E-state index in [1.807, 2.05) is 0 Å². The van der Waals surface area contributed by atoms with Gasteiger partial charge >= 0.3 is 0 Å². The molecule has 1 aromatic heterocycles. The number of nitrogens with zero attached hydrogens (tertiary/aromatic N) is 2. The van der Waals surface area contributed by atoms with Crippen LogP contribution in [0.1, 0.15) is 52.0 Å². The van der Waals surface area contributed by atoms with Crippen molar-refractivity contribution in [3.8, 4) is 22.3 Å². The Hall–Kier alpha value is -8.32. The van der Waals surface area contributed by atoms with Gasteiger partial charge in [-0.25, -0.2) is 0 Å². The van der Waals surface area contributed by atoms with E-state index in [1.165, 1.54) is 60.8 Å². The van der Waals surface area contributed by atoms with Crippen LogP contribution in [0.3, 0.4) is 0 Å². The fraction of sp³-hybridized carbons (Fsp3) is 0.0625. The minimum Gasteiger partial charge on any atom is -0.311 e. The summed E-state index contributed by atoms with van der Waals surface area (Å²) in [7, 11) is 0. The number of rotatable bonds is 9. The summed E-state index contributed by atoms with van der Waals surface area (Å²) in [6.45, 7) is 0. The maximum atomic E-state index is 4.15. The van der Waals surface area contributed by atoms with E-state index in [0.717, 1.165) is 33.8 Å². The molecule has 5 nitrogen and oxygen atoms in total. The maximum Gasteiger partial charge on any atom is 0.142 e. The molecule has 5 heteroatoms. The Kier molecular flexibility index (Phi) is 10.1. The summed E-state index contributed by atoms with van der Waals surface area (Å²) in [5, 5.41) is 14.8. The fourth-order valence-electron chi connectivity index (χ4n) is 11.5. The van der Waals surface area contributed by atoms with Crippen LogP contribution in [0.5, 0.6) is 0 Å². The topological polar surface area (TPSA) is 44.3 Å². The highest BCUT2D eigenvalue weighted by Crippen LogP contribution is 2.57. The van der Waals surface area contributed by atoms with Gasteiger partial charge in [-0.05, 0) is 92.5 Å². The molecule has 0 bridgehead atoms. The van der Waals surface area contributed by atoms with Crippen LogP contribution in [0.4, 0.5) is 17.1 Å². The lowest BCUT2D eigenvalue weighted by atomic mass is 9.67. The molecule has 0 spiro atoms. The average Bonchev–Trinajstić information content (AvgIpc) is 3.93. The van der Waals surface area contributed by atoms with Crippen LogP contribution in [0.25, 0.3) is 44.1 Å². The van der Waals surface area contributed by atoms with Gasteiger partial charge in [0.05, 0.1) is 34.5 Å². The normalized spacial score (nSPS) is 17.1. The number of nitrogens with one attached hydrogen (secondary N) is 3. The van der Waals surface area contributed by atoms with E-state index in [-0.39, 0.29) is 18.6 Å². The van der Waals surface area contributed by atoms with Crippen molar-refractivity contribution in [2.24, 2.45) is 0 Å². The van der Waals surface area contributed by atoms with E-state index < -0.39 is 5.41 Å². The summed E-state index contributed by atoms with van der Waals surface area (Å²) in [6, 6.07) is 94.8. The minimum atomic E-state index is -0.508. The van der Waals surface area contributed by atoms with Crippen LogP contribution >= 0.6 is 0 Å². The number of para-hydroxylation sites is 5. The zero-order chi connectivity index (χ0) is 45.7. The Labute approximate surface area is 403 Å². The fourth-order valence-corrected chi connectivity index (χ4v) is 11.5. The number of anilines is 3. The van der Waals surface area contributed by atoms with Gasteiger partial charge in [-0.1, -0.05) is 218 Å². The highest BCUT2D eigenvalue weighted by atomic mass is 15.4. The third-order valence-corrected chi connectivity index (χ3v) is 14.4. The minimum absolute atomic E-state index is 0.226. The molecule has 11 aromatic rings. The summed E-state index contributed by atoms with van der Waals surface area (Å²) in [6.07, 6.45) is -0.759. The standard InChI is InChI=1S/C64H49N5/c1-5-22-46(23-6-1)64(47-24-7-2-8-25-47)55-35-17-13-33-53(55)60-54(34-21-36-56(60)64)62-65-61(66-63(67-62)69-58-38-19-15-31-51(58)52-32-16-20-39-59(52)69)45-42-40-44(41-43-45)50-30-14-18-37-57(50)68(48-26-9-3-10-27-48)49-28-11-4-12-29-49/h1-43,61-63,65-67H. The van der Waals surface area contributed by atoms with Gasteiger partial charge in [-0.2, -0.15) is 0 Å². The largest absolute Gasteiger partial charge is 0.311 e. The van der Waals surface area contributed by atoms with Crippen LogP contribution in [0.2, 0.25) is 0 Å². The molecule has 3 unspecified atom stereocenters. The summed E-state index contributed by atoms with van der Waals surface area (Å²) < 4.78 is 2.45. The summed E-state index contributed by atoms with van der Waals surface area (Å²) in [5.41, 5.74) is 17.4. The van der Waals surface area contributed by atoms with E-state index in [9.17, 15) is 0 Å². The third kappa shape index (κ3) is 6.74. The molecule has 0 radical (unpaired) electrons.